The van der Waals surface area contributed by atoms with Gasteiger partial charge in [0, 0.05) is 24.0 Å². The number of aromatic nitrogens is 4. The Morgan fingerprint density at radius 1 is 1.14 bits per heavy atom. The molecule has 0 atom stereocenters. The number of hydrogen-bond acceptors (Lipinski definition) is 4. The smallest absolute Gasteiger partial charge is 0.258 e. The second-order valence-corrected chi connectivity index (χ2v) is 6.85. The van der Waals surface area contributed by atoms with Gasteiger partial charge in [0.2, 0.25) is 11.9 Å². The van der Waals surface area contributed by atoms with Gasteiger partial charge in [-0.1, -0.05) is 25.1 Å². The van der Waals surface area contributed by atoms with Gasteiger partial charge in [0.15, 0.2) is 0 Å². The highest BCUT2D eigenvalue weighted by Crippen LogP contribution is 2.14. The molecule has 3 aromatic rings. The lowest BCUT2D eigenvalue weighted by molar-refractivity contribution is -0.118. The first-order valence-corrected chi connectivity index (χ1v) is 9.29. The van der Waals surface area contributed by atoms with E-state index in [2.05, 4.69) is 10.1 Å². The molecule has 3 rings (SSSR count). The van der Waals surface area contributed by atoms with E-state index in [4.69, 9.17) is 0 Å². The summed E-state index contributed by atoms with van der Waals surface area (Å²) in [6.45, 7) is 7.40. The number of amides is 1. The molecule has 0 saturated carbocycles. The number of anilines is 1. The first kappa shape index (κ1) is 19.5. The van der Waals surface area contributed by atoms with Gasteiger partial charge in [0.05, 0.1) is 11.4 Å². The fourth-order valence-electron chi connectivity index (χ4n) is 3.27. The van der Waals surface area contributed by atoms with Crippen molar-refractivity contribution in [1.29, 1.82) is 0 Å². The molecule has 0 unspecified atom stereocenters. The van der Waals surface area contributed by atoms with Gasteiger partial charge < -0.3 is 4.90 Å². The molecule has 7 heteroatoms. The molecule has 7 nitrogen and oxygen atoms in total. The third kappa shape index (κ3) is 3.60. The summed E-state index contributed by atoms with van der Waals surface area (Å²) in [7, 11) is 1.70. The third-order valence-electron chi connectivity index (χ3n) is 4.81. The van der Waals surface area contributed by atoms with Crippen LogP contribution < -0.4 is 10.5 Å². The molecule has 1 aromatic carbocycles. The van der Waals surface area contributed by atoms with Gasteiger partial charge in [0.25, 0.3) is 5.56 Å². The molecule has 0 fully saturated rings. The fraction of sp³-hybridized carbons (Fsp3) is 0.333. The minimum atomic E-state index is -0.205. The predicted molar refractivity (Wildman–Crippen MR) is 109 cm³/mol. The van der Waals surface area contributed by atoms with E-state index in [0.717, 1.165) is 17.1 Å². The van der Waals surface area contributed by atoms with Crippen LogP contribution in [0, 0.1) is 20.8 Å². The van der Waals surface area contributed by atoms with Crippen molar-refractivity contribution in [3.63, 3.8) is 0 Å². The lowest BCUT2D eigenvalue weighted by atomic mass is 10.2. The van der Waals surface area contributed by atoms with E-state index in [0.29, 0.717) is 23.6 Å². The number of benzene rings is 1. The number of carbonyl (C=O) groups excluding carboxylic acids is 1. The largest absolute Gasteiger partial charge is 0.314 e. The van der Waals surface area contributed by atoms with E-state index in [1.807, 2.05) is 64.1 Å². The lowest BCUT2D eigenvalue weighted by Gasteiger charge is -2.20. The quantitative estimate of drug-likeness (QED) is 0.683. The Kier molecular flexibility index (Phi) is 5.44. The van der Waals surface area contributed by atoms with Crippen LogP contribution in [0.25, 0.3) is 5.95 Å². The molecule has 0 aliphatic carbocycles. The number of carbonyl (C=O) groups is 1. The Bertz CT molecular complexity index is 1070. The van der Waals surface area contributed by atoms with Crippen LogP contribution in [0.3, 0.4) is 0 Å². The minimum Gasteiger partial charge on any atom is -0.314 e. The monoisotopic (exact) mass is 379 g/mol. The molecule has 0 bridgehead atoms. The number of rotatable bonds is 5. The maximum Gasteiger partial charge on any atom is 0.258 e. The van der Waals surface area contributed by atoms with Crippen LogP contribution in [0.5, 0.6) is 0 Å². The number of para-hydroxylation sites is 1. The zero-order valence-electron chi connectivity index (χ0n) is 16.9. The maximum atomic E-state index is 13.1. The van der Waals surface area contributed by atoms with Crippen molar-refractivity contribution >= 4 is 11.6 Å². The van der Waals surface area contributed by atoms with Gasteiger partial charge in [-0.2, -0.15) is 5.10 Å². The Hall–Kier alpha value is -3.22. The summed E-state index contributed by atoms with van der Waals surface area (Å²) >= 11 is 0. The van der Waals surface area contributed by atoms with Crippen LogP contribution >= 0.6 is 0 Å². The Balaban J connectivity index is 2.09. The van der Waals surface area contributed by atoms with Crippen molar-refractivity contribution in [3.05, 3.63) is 69.4 Å². The van der Waals surface area contributed by atoms with E-state index in [-0.39, 0.29) is 18.0 Å². The van der Waals surface area contributed by atoms with E-state index in [9.17, 15) is 9.59 Å². The summed E-state index contributed by atoms with van der Waals surface area (Å²) in [6.07, 6.45) is 0.553. The summed E-state index contributed by atoms with van der Waals surface area (Å²) in [6, 6.07) is 11.3. The summed E-state index contributed by atoms with van der Waals surface area (Å²) in [4.78, 5) is 32.2. The van der Waals surface area contributed by atoms with Crippen LogP contribution in [0.4, 0.5) is 5.69 Å². The third-order valence-corrected chi connectivity index (χ3v) is 4.81. The van der Waals surface area contributed by atoms with Gasteiger partial charge in [-0.25, -0.2) is 9.67 Å². The molecule has 2 heterocycles. The summed E-state index contributed by atoms with van der Waals surface area (Å²) < 4.78 is 3.05. The average Bonchev–Trinajstić information content (AvgIpc) is 3.02. The SMILES string of the molecule is CCc1c(C)nc(-n2nc(C)cc2C)n(CC(=O)N(C)c2ccccc2)c1=O. The molecule has 146 valence electrons. The van der Waals surface area contributed by atoms with E-state index in [1.54, 1.807) is 16.6 Å². The topological polar surface area (TPSA) is 73.0 Å². The lowest BCUT2D eigenvalue weighted by Crippen LogP contribution is -2.37. The molecular formula is C21H25N5O2. The number of hydrogen-bond donors (Lipinski definition) is 0. The van der Waals surface area contributed by atoms with Crippen molar-refractivity contribution in [2.45, 2.75) is 40.7 Å². The van der Waals surface area contributed by atoms with Gasteiger partial charge in [-0.15, -0.1) is 0 Å². The van der Waals surface area contributed by atoms with E-state index < -0.39 is 0 Å². The van der Waals surface area contributed by atoms with Crippen molar-refractivity contribution in [2.75, 3.05) is 11.9 Å². The summed E-state index contributed by atoms with van der Waals surface area (Å²) in [5.74, 6) is 0.156. The number of nitrogens with zero attached hydrogens (tertiary/aromatic N) is 5. The molecule has 0 saturated heterocycles. The second kappa shape index (κ2) is 7.80. The van der Waals surface area contributed by atoms with Gasteiger partial charge in [-0.05, 0) is 45.4 Å². The fourth-order valence-corrected chi connectivity index (χ4v) is 3.27. The Morgan fingerprint density at radius 3 is 2.39 bits per heavy atom. The highest BCUT2D eigenvalue weighted by Gasteiger charge is 2.20. The molecule has 2 aromatic heterocycles. The molecule has 0 spiro atoms. The molecule has 28 heavy (non-hydrogen) atoms. The Labute approximate surface area is 164 Å². The van der Waals surface area contributed by atoms with Crippen LogP contribution in [0.1, 0.15) is 29.6 Å². The van der Waals surface area contributed by atoms with Crippen molar-refractivity contribution in [2.24, 2.45) is 0 Å². The second-order valence-electron chi connectivity index (χ2n) is 6.85. The normalized spacial score (nSPS) is 10.9. The minimum absolute atomic E-state index is 0.113. The van der Waals surface area contributed by atoms with E-state index in [1.165, 1.54) is 4.57 Å². The highest BCUT2D eigenvalue weighted by molar-refractivity contribution is 5.92. The highest BCUT2D eigenvalue weighted by atomic mass is 16.2. The molecular weight excluding hydrogens is 354 g/mol. The molecule has 0 aliphatic rings. The number of aryl methyl sites for hydroxylation is 3. The van der Waals surface area contributed by atoms with Gasteiger partial charge in [0.1, 0.15) is 6.54 Å². The molecule has 0 aliphatic heterocycles. The van der Waals surface area contributed by atoms with Crippen molar-refractivity contribution in [1.82, 2.24) is 19.3 Å². The van der Waals surface area contributed by atoms with Crippen molar-refractivity contribution in [3.8, 4) is 5.95 Å². The maximum absolute atomic E-state index is 13.1. The first-order chi connectivity index (χ1) is 13.3. The zero-order chi connectivity index (χ0) is 20.4. The molecule has 1 amide bonds. The standard InChI is InChI=1S/C21H25N5O2/c1-6-18-16(4)22-21(26-15(3)12-14(2)23-26)25(20(18)28)13-19(27)24(5)17-10-8-7-9-11-17/h7-12H,6,13H2,1-5H3. The molecule has 0 radical (unpaired) electrons. The van der Waals surface area contributed by atoms with Crippen LogP contribution in [-0.4, -0.2) is 32.3 Å². The average molecular weight is 379 g/mol. The predicted octanol–water partition coefficient (Wildman–Crippen LogP) is 2.58. The van der Waals surface area contributed by atoms with E-state index >= 15 is 0 Å². The summed E-state index contributed by atoms with van der Waals surface area (Å²) in [5.41, 5.74) is 3.51. The zero-order valence-corrected chi connectivity index (χ0v) is 16.9. The number of likely N-dealkylation sites (N-methyl/N-ethyl adjacent to an activating group) is 1. The van der Waals surface area contributed by atoms with Crippen LogP contribution in [0.15, 0.2) is 41.2 Å². The molecule has 0 N–H and O–H groups in total. The Morgan fingerprint density at radius 2 is 1.82 bits per heavy atom. The van der Waals surface area contributed by atoms with Crippen LogP contribution in [-0.2, 0) is 17.8 Å². The van der Waals surface area contributed by atoms with Crippen molar-refractivity contribution < 1.29 is 4.79 Å². The van der Waals surface area contributed by atoms with Gasteiger partial charge >= 0.3 is 0 Å². The summed E-state index contributed by atoms with van der Waals surface area (Å²) in [5, 5.41) is 4.46. The van der Waals surface area contributed by atoms with Gasteiger partial charge in [-0.3, -0.25) is 14.2 Å². The van der Waals surface area contributed by atoms with Crippen LogP contribution in [0.2, 0.25) is 0 Å². The first-order valence-electron chi connectivity index (χ1n) is 9.29.